The molecule has 0 fully saturated rings. The Morgan fingerprint density at radius 3 is 0.733 bits per heavy atom. The van der Waals surface area contributed by atoms with E-state index in [0.29, 0.717) is 0 Å². The van der Waals surface area contributed by atoms with Crippen molar-refractivity contribution in [3.8, 4) is 0 Å². The number of carboxylic acids is 2. The summed E-state index contributed by atoms with van der Waals surface area (Å²) in [6, 6.07) is 0. The number of carbonyl (C=O) groups excluding carboxylic acids is 2. The van der Waals surface area contributed by atoms with Gasteiger partial charge in [-0.2, -0.15) is 0 Å². The summed E-state index contributed by atoms with van der Waals surface area (Å²) in [7, 11) is 0. The molecule has 0 saturated heterocycles. The Morgan fingerprint density at radius 1 is 0.467 bits per heavy atom. The number of rotatable bonds is 6. The number of aliphatic hydroxyl groups is 4. The van der Waals surface area contributed by atoms with Crippen LogP contribution in [0.4, 0.5) is 0 Å². The highest BCUT2D eigenvalue weighted by Gasteiger charge is 2.57. The van der Waals surface area contributed by atoms with E-state index in [9.17, 15) is 39.6 Å². The van der Waals surface area contributed by atoms with Gasteiger partial charge in [0, 0.05) is 10.8 Å². The van der Waals surface area contributed by atoms with E-state index >= 15 is 0 Å². The van der Waals surface area contributed by atoms with Gasteiger partial charge in [0.15, 0.2) is 11.6 Å². The van der Waals surface area contributed by atoms with Crippen LogP contribution in [0.1, 0.15) is 69.2 Å². The molecule has 30 heavy (non-hydrogen) atoms. The van der Waals surface area contributed by atoms with Crippen LogP contribution in [-0.4, -0.2) is 65.7 Å². The zero-order valence-corrected chi connectivity index (χ0v) is 19.3. The number of hydrogen-bond acceptors (Lipinski definition) is 8. The average molecular weight is 436 g/mol. The Bertz CT molecular complexity index is 625. The third kappa shape index (κ3) is 6.07. The molecule has 0 aliphatic heterocycles. The first-order chi connectivity index (χ1) is 12.7. The molecule has 0 rings (SSSR count). The molecule has 6 N–H and O–H groups in total. The Balaban J connectivity index is 0. The van der Waals surface area contributed by atoms with E-state index in [1.54, 1.807) is 0 Å². The molecule has 0 aromatic heterocycles. The van der Waals surface area contributed by atoms with E-state index in [-0.39, 0.29) is 0 Å². The Kier molecular flexibility index (Phi) is 8.79. The van der Waals surface area contributed by atoms with E-state index in [0.717, 1.165) is 27.7 Å². The fourth-order valence-electron chi connectivity index (χ4n) is 1.91. The highest BCUT2D eigenvalue weighted by Crippen LogP contribution is 2.36. The summed E-state index contributed by atoms with van der Waals surface area (Å²) in [6.07, 6.45) is 0. The van der Waals surface area contributed by atoms with Crippen molar-refractivity contribution in [1.82, 2.24) is 0 Å². The summed E-state index contributed by atoms with van der Waals surface area (Å²) < 4.78 is 0. The number of Topliss-reactive ketones (excluding diaryl/α,β-unsaturated/α-hetero) is 2. The summed E-state index contributed by atoms with van der Waals surface area (Å²) in [5.74, 6) is -10.5. The molecule has 0 aromatic rings. The van der Waals surface area contributed by atoms with Gasteiger partial charge in [-0.3, -0.25) is 19.2 Å². The third-order valence-corrected chi connectivity index (χ3v) is 4.81. The van der Waals surface area contributed by atoms with E-state index in [1.807, 2.05) is 0 Å². The topological polar surface area (TPSA) is 190 Å². The van der Waals surface area contributed by atoms with Gasteiger partial charge in [-0.25, -0.2) is 0 Å². The normalized spacial score (nSPS) is 13.8. The molecule has 0 atom stereocenters. The van der Waals surface area contributed by atoms with Crippen LogP contribution in [-0.2, 0) is 19.2 Å². The summed E-state index contributed by atoms with van der Waals surface area (Å²) in [4.78, 5) is 45.0. The van der Waals surface area contributed by atoms with Gasteiger partial charge in [0.05, 0.1) is 0 Å². The number of carbonyl (C=O) groups is 4. The first-order valence-corrected chi connectivity index (χ1v) is 9.16. The molecule has 0 bridgehead atoms. The Morgan fingerprint density at radius 2 is 0.633 bits per heavy atom. The van der Waals surface area contributed by atoms with E-state index in [2.05, 4.69) is 0 Å². The monoisotopic (exact) mass is 436 g/mol. The SMILES string of the molecule is CC(C)(C)C(=O)C(O)(O)C(C)(C)C(=O)O.CC(C)(C)C(=O)C(O)(O)C(C)(C)C(=O)O. The molecule has 0 radical (unpaired) electrons. The first kappa shape index (κ1) is 30.3. The van der Waals surface area contributed by atoms with Gasteiger partial charge >= 0.3 is 11.9 Å². The molecule has 0 amide bonds. The van der Waals surface area contributed by atoms with Crippen LogP contribution in [0.15, 0.2) is 0 Å². The number of hydrogen-bond donors (Lipinski definition) is 6. The highest BCUT2D eigenvalue weighted by atomic mass is 16.5. The van der Waals surface area contributed by atoms with Gasteiger partial charge in [0.25, 0.3) is 0 Å². The maximum absolute atomic E-state index is 11.7. The highest BCUT2D eigenvalue weighted by molar-refractivity contribution is 5.96. The quantitative estimate of drug-likeness (QED) is 0.324. The van der Waals surface area contributed by atoms with Crippen LogP contribution >= 0.6 is 0 Å². The zero-order chi connectivity index (χ0) is 25.3. The molecule has 0 aliphatic carbocycles. The second kappa shape index (κ2) is 8.70. The Labute approximate surface area is 176 Å². The zero-order valence-electron chi connectivity index (χ0n) is 19.3. The summed E-state index contributed by atoms with van der Waals surface area (Å²) in [5.41, 5.74) is -5.93. The molecular weight excluding hydrogens is 400 g/mol. The lowest BCUT2D eigenvalue weighted by Gasteiger charge is -2.37. The van der Waals surface area contributed by atoms with E-state index < -0.39 is 56.7 Å². The largest absolute Gasteiger partial charge is 0.481 e. The summed E-state index contributed by atoms with van der Waals surface area (Å²) in [5, 5.41) is 56.2. The minimum Gasteiger partial charge on any atom is -0.481 e. The van der Waals surface area contributed by atoms with Gasteiger partial charge in [-0.05, 0) is 27.7 Å². The molecule has 0 heterocycles. The number of aliphatic carboxylic acids is 2. The van der Waals surface area contributed by atoms with Crippen LogP contribution in [0.5, 0.6) is 0 Å². The lowest BCUT2D eigenvalue weighted by Crippen LogP contribution is -2.58. The second-order valence-corrected chi connectivity index (χ2v) is 10.4. The van der Waals surface area contributed by atoms with Gasteiger partial charge < -0.3 is 30.6 Å². The van der Waals surface area contributed by atoms with Crippen molar-refractivity contribution in [2.24, 2.45) is 21.7 Å². The molecular formula is C20H36O10. The molecule has 10 nitrogen and oxygen atoms in total. The van der Waals surface area contributed by atoms with Crippen molar-refractivity contribution >= 4 is 23.5 Å². The van der Waals surface area contributed by atoms with Gasteiger partial charge in [0.1, 0.15) is 10.8 Å². The minimum atomic E-state index is -2.88. The van der Waals surface area contributed by atoms with Crippen molar-refractivity contribution in [3.05, 3.63) is 0 Å². The third-order valence-electron chi connectivity index (χ3n) is 4.81. The fraction of sp³-hybridized carbons (Fsp3) is 0.800. The molecule has 0 saturated carbocycles. The van der Waals surface area contributed by atoms with Crippen molar-refractivity contribution in [2.45, 2.75) is 80.8 Å². The molecule has 0 aliphatic rings. The standard InChI is InChI=1S/2C10H18O5/c2*1-8(2,3)6(11)10(14,15)9(4,5)7(12)13/h2*14-15H,1-5H3,(H,12,13). The van der Waals surface area contributed by atoms with Crippen molar-refractivity contribution in [3.63, 3.8) is 0 Å². The van der Waals surface area contributed by atoms with Gasteiger partial charge in [-0.15, -0.1) is 0 Å². The predicted molar refractivity (Wildman–Crippen MR) is 106 cm³/mol. The van der Waals surface area contributed by atoms with Crippen LogP contribution in [0.3, 0.4) is 0 Å². The summed E-state index contributed by atoms with van der Waals surface area (Å²) >= 11 is 0. The van der Waals surface area contributed by atoms with Crippen molar-refractivity contribution in [2.75, 3.05) is 0 Å². The second-order valence-electron chi connectivity index (χ2n) is 10.4. The van der Waals surface area contributed by atoms with Gasteiger partial charge in [-0.1, -0.05) is 41.5 Å². The molecule has 0 unspecified atom stereocenters. The lowest BCUT2D eigenvalue weighted by molar-refractivity contribution is -0.235. The van der Waals surface area contributed by atoms with Crippen LogP contribution in [0.25, 0.3) is 0 Å². The van der Waals surface area contributed by atoms with E-state index in [1.165, 1.54) is 41.5 Å². The number of ketones is 2. The molecule has 0 spiro atoms. The van der Waals surface area contributed by atoms with Crippen LogP contribution in [0, 0.1) is 21.7 Å². The smallest absolute Gasteiger partial charge is 0.315 e. The molecule has 0 aromatic carbocycles. The van der Waals surface area contributed by atoms with E-state index in [4.69, 9.17) is 10.2 Å². The maximum atomic E-state index is 11.7. The number of carboxylic acid groups (broad SMARTS) is 2. The van der Waals surface area contributed by atoms with Crippen molar-refractivity contribution < 1.29 is 49.8 Å². The molecule has 176 valence electrons. The predicted octanol–water partition coefficient (Wildman–Crippen LogP) is 0.787. The summed E-state index contributed by atoms with van der Waals surface area (Å²) in [6.45, 7) is 13.4. The maximum Gasteiger partial charge on any atom is 0.315 e. The minimum absolute atomic E-state index is 0.914. The lowest BCUT2D eigenvalue weighted by atomic mass is 9.73. The van der Waals surface area contributed by atoms with Crippen molar-refractivity contribution in [1.29, 1.82) is 0 Å². The fourth-order valence-corrected chi connectivity index (χ4v) is 1.91. The average Bonchev–Trinajstić information content (AvgIpc) is 2.51. The Hall–Kier alpha value is -1.88. The van der Waals surface area contributed by atoms with Crippen LogP contribution < -0.4 is 0 Å². The molecule has 10 heteroatoms. The van der Waals surface area contributed by atoms with Crippen LogP contribution in [0.2, 0.25) is 0 Å². The first-order valence-electron chi connectivity index (χ1n) is 9.16. The van der Waals surface area contributed by atoms with Gasteiger partial charge in [0.2, 0.25) is 11.6 Å².